The second kappa shape index (κ2) is 6.20. The summed E-state index contributed by atoms with van der Waals surface area (Å²) in [6.45, 7) is 7.92. The molecule has 2 N–H and O–H groups in total. The lowest BCUT2D eigenvalue weighted by atomic mass is 9.80. The Bertz CT molecular complexity index is 442. The molecule has 1 rings (SSSR count). The van der Waals surface area contributed by atoms with Gasteiger partial charge in [-0.25, -0.2) is 0 Å². The van der Waals surface area contributed by atoms with Gasteiger partial charge in [-0.3, -0.25) is 4.79 Å². The van der Waals surface area contributed by atoms with E-state index in [4.69, 9.17) is 5.11 Å². The first-order valence-electron chi connectivity index (χ1n) is 6.82. The van der Waals surface area contributed by atoms with Crippen LogP contribution >= 0.6 is 0 Å². The van der Waals surface area contributed by atoms with Gasteiger partial charge in [0.2, 0.25) is 0 Å². The van der Waals surface area contributed by atoms with E-state index >= 15 is 0 Å². The number of hydrogen-bond acceptors (Lipinski definition) is 2. The van der Waals surface area contributed by atoms with E-state index < -0.39 is 11.6 Å². The van der Waals surface area contributed by atoms with Crippen LogP contribution in [0.5, 0.6) is 0 Å². The number of carboxylic acid groups (broad SMARTS) is 1. The van der Waals surface area contributed by atoms with Crippen LogP contribution in [0.15, 0.2) is 12.1 Å². The van der Waals surface area contributed by atoms with Crippen LogP contribution < -0.4 is 0 Å². The van der Waals surface area contributed by atoms with Gasteiger partial charge in [0.05, 0.1) is 6.42 Å². The lowest BCUT2D eigenvalue weighted by Gasteiger charge is -2.30. The fourth-order valence-corrected chi connectivity index (χ4v) is 2.94. The Morgan fingerprint density at radius 1 is 1.21 bits per heavy atom. The van der Waals surface area contributed by atoms with E-state index in [-0.39, 0.29) is 6.42 Å². The van der Waals surface area contributed by atoms with Crippen molar-refractivity contribution < 1.29 is 15.0 Å². The van der Waals surface area contributed by atoms with Gasteiger partial charge in [0, 0.05) is 0 Å². The Labute approximate surface area is 115 Å². The Balaban J connectivity index is 3.27. The molecule has 0 aliphatic carbocycles. The summed E-state index contributed by atoms with van der Waals surface area (Å²) in [7, 11) is 0. The number of rotatable bonds is 6. The predicted octanol–water partition coefficient (Wildman–Crippen LogP) is 3.46. The molecule has 0 aromatic heterocycles. The van der Waals surface area contributed by atoms with E-state index in [9.17, 15) is 9.90 Å². The topological polar surface area (TPSA) is 57.5 Å². The molecular formula is C16H24O3. The van der Waals surface area contributed by atoms with Crippen molar-refractivity contribution >= 4 is 5.97 Å². The van der Waals surface area contributed by atoms with Gasteiger partial charge in [-0.1, -0.05) is 37.5 Å². The number of benzene rings is 1. The summed E-state index contributed by atoms with van der Waals surface area (Å²) in [5.74, 6) is -0.960. The second-order valence-electron chi connectivity index (χ2n) is 5.48. The van der Waals surface area contributed by atoms with Crippen LogP contribution in [0, 0.1) is 20.8 Å². The standard InChI is InChI=1S/C16H24O3/c1-5-6-7-16(19,10-14(17)18)15-12(3)8-11(2)9-13(15)4/h8-9,19H,5-7,10H2,1-4H3,(H,17,18). The van der Waals surface area contributed by atoms with Crippen LogP contribution in [0.2, 0.25) is 0 Å². The Kier molecular flexibility index (Phi) is 5.12. The molecule has 0 aliphatic heterocycles. The molecule has 1 unspecified atom stereocenters. The molecular weight excluding hydrogens is 240 g/mol. The summed E-state index contributed by atoms with van der Waals surface area (Å²) >= 11 is 0. The first kappa shape index (κ1) is 15.7. The Morgan fingerprint density at radius 3 is 2.16 bits per heavy atom. The summed E-state index contributed by atoms with van der Waals surface area (Å²) in [4.78, 5) is 11.1. The molecule has 0 bridgehead atoms. The molecule has 19 heavy (non-hydrogen) atoms. The summed E-state index contributed by atoms with van der Waals surface area (Å²) in [5, 5.41) is 19.9. The normalized spacial score (nSPS) is 14.2. The zero-order chi connectivity index (χ0) is 14.6. The van der Waals surface area contributed by atoms with Gasteiger partial charge in [-0.15, -0.1) is 0 Å². The highest BCUT2D eigenvalue weighted by molar-refractivity contribution is 5.69. The molecule has 3 nitrogen and oxygen atoms in total. The Morgan fingerprint density at radius 2 is 1.74 bits per heavy atom. The van der Waals surface area contributed by atoms with Crippen LogP contribution in [0.25, 0.3) is 0 Å². The molecule has 1 aromatic carbocycles. The zero-order valence-corrected chi connectivity index (χ0v) is 12.3. The lowest BCUT2D eigenvalue weighted by molar-refractivity contribution is -0.143. The molecule has 0 heterocycles. The zero-order valence-electron chi connectivity index (χ0n) is 12.3. The molecule has 0 radical (unpaired) electrons. The van der Waals surface area contributed by atoms with Crippen molar-refractivity contribution in [1.29, 1.82) is 0 Å². The fourth-order valence-electron chi connectivity index (χ4n) is 2.94. The minimum Gasteiger partial charge on any atom is -0.481 e. The molecule has 106 valence electrons. The van der Waals surface area contributed by atoms with Crippen molar-refractivity contribution in [3.8, 4) is 0 Å². The largest absolute Gasteiger partial charge is 0.481 e. The third-order valence-electron chi connectivity index (χ3n) is 3.53. The highest BCUT2D eigenvalue weighted by Gasteiger charge is 2.34. The van der Waals surface area contributed by atoms with Crippen molar-refractivity contribution in [2.24, 2.45) is 0 Å². The van der Waals surface area contributed by atoms with Gasteiger partial charge >= 0.3 is 5.97 Å². The summed E-state index contributed by atoms with van der Waals surface area (Å²) in [6, 6.07) is 4.00. The van der Waals surface area contributed by atoms with Gasteiger partial charge in [-0.05, 0) is 43.9 Å². The number of hydrogen-bond donors (Lipinski definition) is 2. The van der Waals surface area contributed by atoms with E-state index in [0.717, 1.165) is 35.1 Å². The van der Waals surface area contributed by atoms with E-state index in [1.165, 1.54) is 0 Å². The molecule has 3 heteroatoms. The third kappa shape index (κ3) is 3.80. The fraction of sp³-hybridized carbons (Fsp3) is 0.562. The minimum atomic E-state index is -1.26. The van der Waals surface area contributed by atoms with Crippen molar-refractivity contribution in [2.45, 2.75) is 59.0 Å². The Hall–Kier alpha value is -1.35. The van der Waals surface area contributed by atoms with Gasteiger partial charge in [0.1, 0.15) is 5.60 Å². The second-order valence-corrected chi connectivity index (χ2v) is 5.48. The molecule has 0 fully saturated rings. The predicted molar refractivity (Wildman–Crippen MR) is 76.3 cm³/mol. The number of aliphatic carboxylic acids is 1. The maximum atomic E-state index is 11.1. The number of carbonyl (C=O) groups is 1. The van der Waals surface area contributed by atoms with Gasteiger partial charge in [0.15, 0.2) is 0 Å². The average Bonchev–Trinajstić information content (AvgIpc) is 2.23. The molecule has 0 aliphatic rings. The summed E-state index contributed by atoms with van der Waals surface area (Å²) in [6.07, 6.45) is 2.00. The van der Waals surface area contributed by atoms with Crippen molar-refractivity contribution in [3.05, 3.63) is 34.4 Å². The average molecular weight is 264 g/mol. The lowest BCUT2D eigenvalue weighted by Crippen LogP contribution is -2.31. The quantitative estimate of drug-likeness (QED) is 0.827. The van der Waals surface area contributed by atoms with Gasteiger partial charge in [0.25, 0.3) is 0 Å². The highest BCUT2D eigenvalue weighted by Crippen LogP contribution is 2.35. The number of aryl methyl sites for hydroxylation is 3. The molecule has 1 atom stereocenters. The number of carboxylic acids is 1. The third-order valence-corrected chi connectivity index (χ3v) is 3.53. The van der Waals surface area contributed by atoms with Crippen LogP contribution in [-0.2, 0) is 10.4 Å². The van der Waals surface area contributed by atoms with Crippen LogP contribution in [0.1, 0.15) is 54.9 Å². The van der Waals surface area contributed by atoms with Gasteiger partial charge in [-0.2, -0.15) is 0 Å². The molecule has 0 spiro atoms. The smallest absolute Gasteiger partial charge is 0.306 e. The number of unbranched alkanes of at least 4 members (excludes halogenated alkanes) is 1. The van der Waals surface area contributed by atoms with Crippen LogP contribution in [-0.4, -0.2) is 16.2 Å². The first-order valence-corrected chi connectivity index (χ1v) is 6.82. The minimum absolute atomic E-state index is 0.238. The maximum absolute atomic E-state index is 11.1. The van der Waals surface area contributed by atoms with E-state index in [1.54, 1.807) is 0 Å². The maximum Gasteiger partial charge on any atom is 0.306 e. The molecule has 0 saturated carbocycles. The van der Waals surface area contributed by atoms with Crippen molar-refractivity contribution in [1.82, 2.24) is 0 Å². The van der Waals surface area contributed by atoms with Crippen LogP contribution in [0.3, 0.4) is 0 Å². The van der Waals surface area contributed by atoms with E-state index in [0.29, 0.717) is 6.42 Å². The van der Waals surface area contributed by atoms with Gasteiger partial charge < -0.3 is 10.2 Å². The summed E-state index contributed by atoms with van der Waals surface area (Å²) < 4.78 is 0. The monoisotopic (exact) mass is 264 g/mol. The molecule has 0 saturated heterocycles. The van der Waals surface area contributed by atoms with Crippen LogP contribution in [0.4, 0.5) is 0 Å². The van der Waals surface area contributed by atoms with E-state index in [2.05, 4.69) is 0 Å². The SMILES string of the molecule is CCCCC(O)(CC(=O)O)c1c(C)cc(C)cc1C. The highest BCUT2D eigenvalue weighted by atomic mass is 16.4. The molecule has 0 amide bonds. The van der Waals surface area contributed by atoms with E-state index in [1.807, 2.05) is 39.8 Å². The number of aliphatic hydroxyl groups is 1. The first-order chi connectivity index (χ1) is 8.80. The summed E-state index contributed by atoms with van der Waals surface area (Å²) in [5.41, 5.74) is 2.60. The van der Waals surface area contributed by atoms with Crippen molar-refractivity contribution in [2.75, 3.05) is 0 Å². The molecule has 1 aromatic rings. The van der Waals surface area contributed by atoms with Crippen molar-refractivity contribution in [3.63, 3.8) is 0 Å².